The zero-order chi connectivity index (χ0) is 10.5. The van der Waals surface area contributed by atoms with Gasteiger partial charge < -0.3 is 10.6 Å². The smallest absolute Gasteiger partial charge is 0.0343 e. The molecule has 1 atom stereocenters. The minimum atomic E-state index is 0.801. The number of anilines is 1. The van der Waals surface area contributed by atoms with Crippen molar-refractivity contribution in [3.8, 4) is 0 Å². The highest BCUT2D eigenvalue weighted by Gasteiger charge is 2.13. The average molecular weight is 204 g/mol. The summed E-state index contributed by atoms with van der Waals surface area (Å²) >= 11 is 0. The Balaban J connectivity index is 1.86. The van der Waals surface area contributed by atoms with Crippen LogP contribution in [0.15, 0.2) is 24.3 Å². The SMILES string of the molecule is CCc1cccc(NCC2CCNC2)c1. The molecule has 15 heavy (non-hydrogen) atoms. The zero-order valence-electron chi connectivity index (χ0n) is 9.42. The van der Waals surface area contributed by atoms with Gasteiger partial charge in [-0.3, -0.25) is 0 Å². The number of hydrogen-bond acceptors (Lipinski definition) is 2. The van der Waals surface area contributed by atoms with Gasteiger partial charge >= 0.3 is 0 Å². The van der Waals surface area contributed by atoms with Gasteiger partial charge in [-0.05, 0) is 49.5 Å². The lowest BCUT2D eigenvalue weighted by Crippen LogP contribution is -2.17. The first-order valence-electron chi connectivity index (χ1n) is 5.92. The molecule has 82 valence electrons. The molecule has 1 aliphatic heterocycles. The van der Waals surface area contributed by atoms with E-state index in [1.807, 2.05) is 0 Å². The molecule has 2 N–H and O–H groups in total. The third kappa shape index (κ3) is 2.96. The van der Waals surface area contributed by atoms with Crippen LogP contribution in [0, 0.1) is 5.92 Å². The van der Waals surface area contributed by atoms with Crippen LogP contribution in [0.25, 0.3) is 0 Å². The van der Waals surface area contributed by atoms with E-state index in [1.165, 1.54) is 30.8 Å². The van der Waals surface area contributed by atoms with E-state index in [4.69, 9.17) is 0 Å². The van der Waals surface area contributed by atoms with Gasteiger partial charge in [-0.25, -0.2) is 0 Å². The molecule has 0 aliphatic carbocycles. The molecule has 0 radical (unpaired) electrons. The fourth-order valence-corrected chi connectivity index (χ4v) is 2.05. The van der Waals surface area contributed by atoms with E-state index >= 15 is 0 Å². The molecular formula is C13H20N2. The summed E-state index contributed by atoms with van der Waals surface area (Å²) in [5.41, 5.74) is 2.67. The fraction of sp³-hybridized carbons (Fsp3) is 0.538. The van der Waals surface area contributed by atoms with E-state index in [9.17, 15) is 0 Å². The molecule has 2 heteroatoms. The highest BCUT2D eigenvalue weighted by molar-refractivity contribution is 5.45. The first-order chi connectivity index (χ1) is 7.38. The molecule has 1 saturated heterocycles. The van der Waals surface area contributed by atoms with Crippen molar-refractivity contribution in [2.75, 3.05) is 25.0 Å². The molecule has 1 heterocycles. The topological polar surface area (TPSA) is 24.1 Å². The summed E-state index contributed by atoms with van der Waals surface area (Å²) in [6.45, 7) is 5.64. The van der Waals surface area contributed by atoms with Crippen molar-refractivity contribution in [2.45, 2.75) is 19.8 Å². The van der Waals surface area contributed by atoms with Crippen molar-refractivity contribution in [3.05, 3.63) is 29.8 Å². The predicted octanol–water partition coefficient (Wildman–Crippen LogP) is 2.27. The molecule has 2 nitrogen and oxygen atoms in total. The first-order valence-corrected chi connectivity index (χ1v) is 5.92. The molecular weight excluding hydrogens is 184 g/mol. The Bertz CT molecular complexity index is 303. The minimum Gasteiger partial charge on any atom is -0.385 e. The Labute approximate surface area is 92.1 Å². The van der Waals surface area contributed by atoms with E-state index in [0.29, 0.717) is 0 Å². The molecule has 1 unspecified atom stereocenters. The third-order valence-electron chi connectivity index (χ3n) is 3.09. The molecule has 1 aliphatic rings. The lowest BCUT2D eigenvalue weighted by Gasteiger charge is -2.11. The Morgan fingerprint density at radius 2 is 2.40 bits per heavy atom. The second kappa shape index (κ2) is 5.17. The lowest BCUT2D eigenvalue weighted by molar-refractivity contribution is 0.615. The van der Waals surface area contributed by atoms with Gasteiger partial charge in [-0.2, -0.15) is 0 Å². The van der Waals surface area contributed by atoms with E-state index in [1.54, 1.807) is 0 Å². The highest BCUT2D eigenvalue weighted by Crippen LogP contribution is 2.13. The fourth-order valence-electron chi connectivity index (χ4n) is 2.05. The zero-order valence-corrected chi connectivity index (χ0v) is 9.42. The number of hydrogen-bond donors (Lipinski definition) is 2. The third-order valence-corrected chi connectivity index (χ3v) is 3.09. The summed E-state index contributed by atoms with van der Waals surface area (Å²) in [5, 5.41) is 6.91. The minimum absolute atomic E-state index is 0.801. The Kier molecular flexibility index (Phi) is 3.62. The molecule has 0 spiro atoms. The number of aryl methyl sites for hydroxylation is 1. The van der Waals surface area contributed by atoms with Gasteiger partial charge in [0.15, 0.2) is 0 Å². The highest BCUT2D eigenvalue weighted by atomic mass is 14.9. The summed E-state index contributed by atoms with van der Waals surface area (Å²) in [5.74, 6) is 0.801. The van der Waals surface area contributed by atoms with Crippen LogP contribution in [0.3, 0.4) is 0 Å². The van der Waals surface area contributed by atoms with Crippen molar-refractivity contribution in [3.63, 3.8) is 0 Å². The summed E-state index contributed by atoms with van der Waals surface area (Å²) in [4.78, 5) is 0. The maximum absolute atomic E-state index is 3.52. The summed E-state index contributed by atoms with van der Waals surface area (Å²) in [7, 11) is 0. The second-order valence-corrected chi connectivity index (χ2v) is 4.29. The quantitative estimate of drug-likeness (QED) is 0.786. The van der Waals surface area contributed by atoms with Gasteiger partial charge in [0.05, 0.1) is 0 Å². The van der Waals surface area contributed by atoms with Gasteiger partial charge in [0.25, 0.3) is 0 Å². The predicted molar refractivity (Wildman–Crippen MR) is 65.3 cm³/mol. The first kappa shape index (κ1) is 10.5. The van der Waals surface area contributed by atoms with Gasteiger partial charge in [-0.1, -0.05) is 19.1 Å². The lowest BCUT2D eigenvalue weighted by atomic mass is 10.1. The molecule has 0 aromatic heterocycles. The van der Waals surface area contributed by atoms with Crippen LogP contribution in [0.1, 0.15) is 18.9 Å². The van der Waals surface area contributed by atoms with E-state index in [0.717, 1.165) is 18.9 Å². The van der Waals surface area contributed by atoms with Gasteiger partial charge in [0, 0.05) is 12.2 Å². The standard InChI is InChI=1S/C13H20N2/c1-2-11-4-3-5-13(8-11)15-10-12-6-7-14-9-12/h3-5,8,12,14-15H,2,6-7,9-10H2,1H3. The Morgan fingerprint density at radius 1 is 1.47 bits per heavy atom. The Morgan fingerprint density at radius 3 is 3.13 bits per heavy atom. The molecule has 2 rings (SSSR count). The van der Waals surface area contributed by atoms with Crippen LogP contribution in [0.2, 0.25) is 0 Å². The molecule has 1 aromatic rings. The molecule has 0 bridgehead atoms. The summed E-state index contributed by atoms with van der Waals surface area (Å²) in [6, 6.07) is 8.72. The molecule has 0 saturated carbocycles. The summed E-state index contributed by atoms with van der Waals surface area (Å²) in [6.07, 6.45) is 2.42. The van der Waals surface area contributed by atoms with Crippen molar-refractivity contribution in [1.29, 1.82) is 0 Å². The van der Waals surface area contributed by atoms with Crippen molar-refractivity contribution in [2.24, 2.45) is 5.92 Å². The van der Waals surface area contributed by atoms with E-state index in [-0.39, 0.29) is 0 Å². The average Bonchev–Trinajstić information content (AvgIpc) is 2.79. The number of rotatable bonds is 4. The van der Waals surface area contributed by atoms with Crippen molar-refractivity contribution < 1.29 is 0 Å². The van der Waals surface area contributed by atoms with Crippen LogP contribution >= 0.6 is 0 Å². The maximum atomic E-state index is 3.52. The van der Waals surface area contributed by atoms with Crippen LogP contribution in [0.4, 0.5) is 5.69 Å². The van der Waals surface area contributed by atoms with Crippen molar-refractivity contribution in [1.82, 2.24) is 5.32 Å². The van der Waals surface area contributed by atoms with Crippen LogP contribution in [-0.2, 0) is 6.42 Å². The summed E-state index contributed by atoms with van der Waals surface area (Å²) < 4.78 is 0. The second-order valence-electron chi connectivity index (χ2n) is 4.29. The van der Waals surface area contributed by atoms with Crippen LogP contribution < -0.4 is 10.6 Å². The normalized spacial score (nSPS) is 20.5. The molecule has 1 aromatic carbocycles. The van der Waals surface area contributed by atoms with E-state index < -0.39 is 0 Å². The maximum Gasteiger partial charge on any atom is 0.0343 e. The van der Waals surface area contributed by atoms with Gasteiger partial charge in [-0.15, -0.1) is 0 Å². The van der Waals surface area contributed by atoms with Crippen LogP contribution in [-0.4, -0.2) is 19.6 Å². The monoisotopic (exact) mass is 204 g/mol. The van der Waals surface area contributed by atoms with Gasteiger partial charge in [0.2, 0.25) is 0 Å². The van der Waals surface area contributed by atoms with Crippen LogP contribution in [0.5, 0.6) is 0 Å². The number of nitrogens with one attached hydrogen (secondary N) is 2. The largest absolute Gasteiger partial charge is 0.385 e. The molecule has 0 amide bonds. The van der Waals surface area contributed by atoms with Gasteiger partial charge in [0.1, 0.15) is 0 Å². The Hall–Kier alpha value is -1.02. The molecule has 1 fully saturated rings. The van der Waals surface area contributed by atoms with Crippen molar-refractivity contribution >= 4 is 5.69 Å². The number of benzene rings is 1. The van der Waals surface area contributed by atoms with E-state index in [2.05, 4.69) is 41.8 Å².